The van der Waals surface area contributed by atoms with Gasteiger partial charge < -0.3 is 20.4 Å². The predicted octanol–water partition coefficient (Wildman–Crippen LogP) is 4.93. The van der Waals surface area contributed by atoms with Gasteiger partial charge in [-0.05, 0) is 78.8 Å². The Morgan fingerprint density at radius 3 is 2.35 bits per heavy atom. The number of anilines is 1. The molecular formula is C33H34FN7O2. The number of rotatable bonds is 5. The number of hydrogen-bond acceptors (Lipinski definition) is 5. The van der Waals surface area contributed by atoms with Crippen LogP contribution < -0.4 is 5.73 Å². The van der Waals surface area contributed by atoms with E-state index in [1.165, 1.54) is 6.08 Å². The highest BCUT2D eigenvalue weighted by Crippen LogP contribution is 2.42. The van der Waals surface area contributed by atoms with Crippen LogP contribution in [0.1, 0.15) is 42.2 Å². The van der Waals surface area contributed by atoms with Gasteiger partial charge in [-0.25, -0.2) is 19.2 Å². The van der Waals surface area contributed by atoms with Crippen LogP contribution >= 0.6 is 0 Å². The van der Waals surface area contributed by atoms with Crippen LogP contribution in [-0.2, 0) is 4.79 Å². The molecule has 2 N–H and O–H groups in total. The van der Waals surface area contributed by atoms with E-state index in [0.29, 0.717) is 73.4 Å². The lowest BCUT2D eigenvalue weighted by atomic mass is 9.98. The van der Waals surface area contributed by atoms with Crippen molar-refractivity contribution >= 4 is 28.8 Å². The molecule has 4 aromatic rings. The van der Waals surface area contributed by atoms with Crippen LogP contribution in [0.4, 0.5) is 15.0 Å². The fourth-order valence-corrected chi connectivity index (χ4v) is 6.41. The van der Waals surface area contributed by atoms with E-state index in [4.69, 9.17) is 10.7 Å². The quantitative estimate of drug-likeness (QED) is 0.338. The van der Waals surface area contributed by atoms with E-state index in [1.54, 1.807) is 23.2 Å². The van der Waals surface area contributed by atoms with Crippen molar-refractivity contribution in [2.45, 2.75) is 31.1 Å². The van der Waals surface area contributed by atoms with Crippen molar-refractivity contribution in [1.82, 2.24) is 29.2 Å². The number of carbonyl (C=O) groups is 2. The Kier molecular flexibility index (Phi) is 6.83. The second-order valence-corrected chi connectivity index (χ2v) is 11.7. The second-order valence-electron chi connectivity index (χ2n) is 11.7. The van der Waals surface area contributed by atoms with E-state index in [9.17, 15) is 9.59 Å². The number of hydrogen-bond donors (Lipinski definition) is 1. The number of nitrogen functional groups attached to an aromatic ring is 1. The van der Waals surface area contributed by atoms with Gasteiger partial charge in [0, 0.05) is 57.1 Å². The zero-order valence-corrected chi connectivity index (χ0v) is 24.0. The molecule has 3 fully saturated rings. The summed E-state index contributed by atoms with van der Waals surface area (Å²) in [6, 6.07) is 15.6. The summed E-state index contributed by atoms with van der Waals surface area (Å²) in [6.07, 6.45) is 5.97. The minimum Gasteiger partial charge on any atom is -0.383 e. The first kappa shape index (κ1) is 27.1. The van der Waals surface area contributed by atoms with Gasteiger partial charge >= 0.3 is 6.03 Å². The number of piperazine rings is 1. The summed E-state index contributed by atoms with van der Waals surface area (Å²) >= 11 is 0. The Labute approximate surface area is 249 Å². The number of pyridine rings is 1. The van der Waals surface area contributed by atoms with E-state index < -0.39 is 0 Å². The summed E-state index contributed by atoms with van der Waals surface area (Å²) in [7, 11) is 0. The third kappa shape index (κ3) is 5.00. The molecule has 1 aliphatic carbocycles. The van der Waals surface area contributed by atoms with Gasteiger partial charge in [-0.2, -0.15) is 0 Å². The molecule has 0 spiro atoms. The molecule has 3 amide bonds. The summed E-state index contributed by atoms with van der Waals surface area (Å²) in [5, 5.41) is 0. The smallest absolute Gasteiger partial charge is 0.320 e. The minimum atomic E-state index is -0.331. The van der Waals surface area contributed by atoms with Crippen molar-refractivity contribution in [2.75, 3.05) is 45.0 Å². The lowest BCUT2D eigenvalue weighted by molar-refractivity contribution is -0.127. The van der Waals surface area contributed by atoms with E-state index in [0.717, 1.165) is 36.1 Å². The SMILES string of the molecule is C=CC(=O)N1CCN(C(=O)N2CCC(c3ccc(-n4c(-c5cccnc5N)nc5c(F)cc(C6CC6)cc54)cc3)C2)CC1. The summed E-state index contributed by atoms with van der Waals surface area (Å²) in [5.74, 6) is 1.07. The maximum atomic E-state index is 15.4. The maximum Gasteiger partial charge on any atom is 0.320 e. The number of halogens is 1. The van der Waals surface area contributed by atoms with Gasteiger partial charge in [-0.1, -0.05) is 18.7 Å². The summed E-state index contributed by atoms with van der Waals surface area (Å²) < 4.78 is 17.3. The molecule has 43 heavy (non-hydrogen) atoms. The van der Waals surface area contributed by atoms with Crippen molar-refractivity contribution < 1.29 is 14.0 Å². The van der Waals surface area contributed by atoms with Gasteiger partial charge in [0.2, 0.25) is 5.91 Å². The van der Waals surface area contributed by atoms with Gasteiger partial charge in [0.1, 0.15) is 17.2 Å². The average Bonchev–Trinajstić information content (AvgIpc) is 3.64. The largest absolute Gasteiger partial charge is 0.383 e. The number of carbonyl (C=O) groups excluding carboxylic acids is 2. The molecule has 1 saturated carbocycles. The first-order valence-corrected chi connectivity index (χ1v) is 14.9. The molecule has 9 nitrogen and oxygen atoms in total. The number of urea groups is 1. The number of aromatic nitrogens is 3. The monoisotopic (exact) mass is 579 g/mol. The molecule has 3 aliphatic rings. The first-order chi connectivity index (χ1) is 20.9. The van der Waals surface area contributed by atoms with Gasteiger partial charge in [0.25, 0.3) is 0 Å². The topological polar surface area (TPSA) is 101 Å². The Balaban J connectivity index is 1.14. The third-order valence-corrected chi connectivity index (χ3v) is 8.98. The fraction of sp³-hybridized carbons (Fsp3) is 0.333. The van der Waals surface area contributed by atoms with Gasteiger partial charge in [0.15, 0.2) is 5.82 Å². The molecule has 0 bridgehead atoms. The minimum absolute atomic E-state index is 0.0295. The molecule has 1 atom stereocenters. The Hall–Kier alpha value is -4.73. The second kappa shape index (κ2) is 10.8. The standard InChI is InChI=1S/C33H34FN7O2/c1-2-29(42)38-14-16-39(17-15-38)33(43)40-13-11-23(20-40)21-7-9-25(10-8-21)41-28-19-24(22-5-6-22)18-27(34)30(28)37-32(41)26-4-3-12-36-31(26)35/h2-4,7-10,12,18-19,22-23H,1,5-6,11,13-17,20H2,(H2,35,36). The van der Waals surface area contributed by atoms with Crippen molar-refractivity contribution in [3.63, 3.8) is 0 Å². The molecule has 220 valence electrons. The van der Waals surface area contributed by atoms with Crippen LogP contribution in [0.2, 0.25) is 0 Å². The maximum absolute atomic E-state index is 15.4. The van der Waals surface area contributed by atoms with Crippen LogP contribution in [0.25, 0.3) is 28.1 Å². The Morgan fingerprint density at radius 2 is 1.65 bits per heavy atom. The first-order valence-electron chi connectivity index (χ1n) is 14.9. The van der Waals surface area contributed by atoms with Crippen molar-refractivity contribution in [3.8, 4) is 17.1 Å². The lowest BCUT2D eigenvalue weighted by Gasteiger charge is -2.36. The number of nitrogens with zero attached hydrogens (tertiary/aromatic N) is 6. The highest BCUT2D eigenvalue weighted by molar-refractivity contribution is 5.87. The molecule has 4 heterocycles. The molecular weight excluding hydrogens is 545 g/mol. The zero-order valence-electron chi connectivity index (χ0n) is 24.0. The summed E-state index contributed by atoms with van der Waals surface area (Å²) in [4.78, 5) is 39.6. The molecule has 1 unspecified atom stereocenters. The van der Waals surface area contributed by atoms with Crippen molar-refractivity contribution in [2.24, 2.45) is 0 Å². The number of imidazole rings is 1. The van der Waals surface area contributed by atoms with Crippen molar-refractivity contribution in [1.29, 1.82) is 0 Å². The van der Waals surface area contributed by atoms with E-state index in [1.807, 2.05) is 32.6 Å². The lowest BCUT2D eigenvalue weighted by Crippen LogP contribution is -2.53. The molecule has 0 radical (unpaired) electrons. The number of fused-ring (bicyclic) bond motifs is 1. The molecule has 2 aromatic carbocycles. The van der Waals surface area contributed by atoms with Gasteiger partial charge in [-0.15, -0.1) is 0 Å². The molecule has 2 saturated heterocycles. The van der Waals surface area contributed by atoms with E-state index in [-0.39, 0.29) is 23.7 Å². The Morgan fingerprint density at radius 1 is 0.907 bits per heavy atom. The molecule has 2 aliphatic heterocycles. The molecule has 10 heteroatoms. The number of amides is 3. The summed E-state index contributed by atoms with van der Waals surface area (Å²) in [5.41, 5.74) is 10.9. The van der Waals surface area contributed by atoms with Gasteiger partial charge in [-0.3, -0.25) is 9.36 Å². The number of nitrogens with two attached hydrogens (primary N) is 1. The average molecular weight is 580 g/mol. The third-order valence-electron chi connectivity index (χ3n) is 8.98. The summed E-state index contributed by atoms with van der Waals surface area (Å²) in [6.45, 7) is 6.99. The highest BCUT2D eigenvalue weighted by Gasteiger charge is 2.32. The van der Waals surface area contributed by atoms with Crippen LogP contribution in [-0.4, -0.2) is 80.4 Å². The fourth-order valence-electron chi connectivity index (χ4n) is 6.41. The molecule has 2 aromatic heterocycles. The number of benzene rings is 2. The predicted molar refractivity (Wildman–Crippen MR) is 163 cm³/mol. The highest BCUT2D eigenvalue weighted by atomic mass is 19.1. The van der Waals surface area contributed by atoms with E-state index >= 15 is 4.39 Å². The molecule has 7 rings (SSSR count). The van der Waals surface area contributed by atoms with Crippen LogP contribution in [0.5, 0.6) is 0 Å². The van der Waals surface area contributed by atoms with E-state index in [2.05, 4.69) is 29.8 Å². The van der Waals surface area contributed by atoms with Crippen molar-refractivity contribution in [3.05, 3.63) is 84.3 Å². The Bertz CT molecular complexity index is 1720. The van der Waals surface area contributed by atoms with Gasteiger partial charge in [0.05, 0.1) is 11.1 Å². The zero-order chi connectivity index (χ0) is 29.7. The normalized spacial score (nSPS) is 18.8. The van der Waals surface area contributed by atoms with Crippen LogP contribution in [0, 0.1) is 5.82 Å². The van der Waals surface area contributed by atoms with Crippen LogP contribution in [0.3, 0.4) is 0 Å². The van der Waals surface area contributed by atoms with Crippen LogP contribution in [0.15, 0.2) is 67.4 Å². The number of likely N-dealkylation sites (tertiary alicyclic amines) is 1.